The molecule has 0 N–H and O–H groups in total. The first-order valence-electron chi connectivity index (χ1n) is 2.39. The minimum atomic E-state index is -0.519. The lowest BCUT2D eigenvalue weighted by molar-refractivity contribution is -0.113. The Labute approximate surface area is 62.5 Å². The van der Waals surface area contributed by atoms with Gasteiger partial charge in [-0.25, -0.2) is 0 Å². The van der Waals surface area contributed by atoms with Crippen LogP contribution in [0.25, 0.3) is 0 Å². The maximum Gasteiger partial charge on any atom is 0.238 e. The monoisotopic (exact) mass is 198 g/mol. The van der Waals surface area contributed by atoms with Gasteiger partial charge in [-0.05, 0) is 24.9 Å². The minimum Gasteiger partial charge on any atom is -0.280 e. The summed E-state index contributed by atoms with van der Waals surface area (Å²) in [5.41, 5.74) is 0. The van der Waals surface area contributed by atoms with Crippen molar-refractivity contribution in [2.24, 2.45) is 0 Å². The summed E-state index contributed by atoms with van der Waals surface area (Å²) in [6.45, 7) is 3.65. The molecule has 1 nitrogen and oxygen atoms in total. The van der Waals surface area contributed by atoms with E-state index in [0.29, 0.717) is 0 Å². The molecule has 1 atom stereocenters. The standard InChI is InChI=1S/C5H8BrClO/c1-3-5(2,6)4(7)8/h3H2,1-2H3. The summed E-state index contributed by atoms with van der Waals surface area (Å²) >= 11 is 8.35. The summed E-state index contributed by atoms with van der Waals surface area (Å²) in [6.07, 6.45) is 0.718. The van der Waals surface area contributed by atoms with Crippen LogP contribution >= 0.6 is 27.5 Å². The fourth-order valence-electron chi connectivity index (χ4n) is 0.139. The summed E-state index contributed by atoms with van der Waals surface area (Å²) in [6, 6.07) is 0. The number of hydrogen-bond donors (Lipinski definition) is 0. The molecule has 0 aromatic rings. The van der Waals surface area contributed by atoms with Crippen molar-refractivity contribution in [1.29, 1.82) is 0 Å². The highest BCUT2D eigenvalue weighted by molar-refractivity contribution is 9.10. The van der Waals surface area contributed by atoms with E-state index in [4.69, 9.17) is 11.6 Å². The second-order valence-corrected chi connectivity index (χ2v) is 3.92. The van der Waals surface area contributed by atoms with E-state index >= 15 is 0 Å². The van der Waals surface area contributed by atoms with Crippen molar-refractivity contribution in [3.8, 4) is 0 Å². The molecule has 48 valence electrons. The smallest absolute Gasteiger partial charge is 0.238 e. The molecule has 0 radical (unpaired) electrons. The van der Waals surface area contributed by atoms with Crippen molar-refractivity contribution in [3.05, 3.63) is 0 Å². The van der Waals surface area contributed by atoms with Crippen LogP contribution in [-0.2, 0) is 4.79 Å². The lowest BCUT2D eigenvalue weighted by Gasteiger charge is -2.12. The number of rotatable bonds is 2. The van der Waals surface area contributed by atoms with Gasteiger partial charge in [0, 0.05) is 0 Å². The SMILES string of the molecule is CCC(C)(Br)C(=O)Cl. The van der Waals surface area contributed by atoms with E-state index in [-0.39, 0.29) is 5.24 Å². The normalized spacial score (nSPS) is 17.5. The van der Waals surface area contributed by atoms with Crippen LogP contribution in [0.2, 0.25) is 0 Å². The fourth-order valence-corrected chi connectivity index (χ4v) is 0.273. The lowest BCUT2D eigenvalue weighted by Crippen LogP contribution is -2.21. The Morgan fingerprint density at radius 1 is 1.88 bits per heavy atom. The number of halogens is 2. The Bertz CT molecular complexity index is 101. The van der Waals surface area contributed by atoms with Gasteiger partial charge in [0.1, 0.15) is 0 Å². The van der Waals surface area contributed by atoms with Crippen LogP contribution in [0, 0.1) is 0 Å². The topological polar surface area (TPSA) is 17.1 Å². The van der Waals surface area contributed by atoms with Gasteiger partial charge in [-0.3, -0.25) is 4.79 Å². The molecule has 0 heterocycles. The van der Waals surface area contributed by atoms with E-state index in [2.05, 4.69) is 15.9 Å². The number of hydrogen-bond acceptors (Lipinski definition) is 1. The summed E-state index contributed by atoms with van der Waals surface area (Å²) < 4.78 is -0.519. The van der Waals surface area contributed by atoms with Gasteiger partial charge in [0.2, 0.25) is 5.24 Å². The van der Waals surface area contributed by atoms with Crippen LogP contribution in [0.1, 0.15) is 20.3 Å². The molecular weight excluding hydrogens is 191 g/mol. The first-order chi connectivity index (χ1) is 3.50. The quantitative estimate of drug-likeness (QED) is 0.493. The molecule has 0 bridgehead atoms. The second-order valence-electron chi connectivity index (χ2n) is 1.82. The molecule has 0 aliphatic heterocycles. The summed E-state index contributed by atoms with van der Waals surface area (Å²) in [5.74, 6) is 0. The molecule has 0 rings (SSSR count). The number of carbonyl (C=O) groups is 1. The first-order valence-corrected chi connectivity index (χ1v) is 3.56. The average molecular weight is 199 g/mol. The van der Waals surface area contributed by atoms with Gasteiger partial charge in [-0.1, -0.05) is 22.9 Å². The summed E-state index contributed by atoms with van der Waals surface area (Å²) in [4.78, 5) is 10.4. The Morgan fingerprint density at radius 3 is 2.25 bits per heavy atom. The van der Waals surface area contributed by atoms with E-state index < -0.39 is 4.32 Å². The van der Waals surface area contributed by atoms with Crippen LogP contribution in [0.15, 0.2) is 0 Å². The van der Waals surface area contributed by atoms with E-state index in [0.717, 1.165) is 6.42 Å². The Balaban J connectivity index is 3.91. The third-order valence-corrected chi connectivity index (χ3v) is 2.64. The zero-order valence-electron chi connectivity index (χ0n) is 4.87. The van der Waals surface area contributed by atoms with Crippen LogP contribution in [0.3, 0.4) is 0 Å². The van der Waals surface area contributed by atoms with Gasteiger partial charge < -0.3 is 0 Å². The van der Waals surface area contributed by atoms with E-state index in [1.165, 1.54) is 0 Å². The van der Waals surface area contributed by atoms with Crippen LogP contribution < -0.4 is 0 Å². The molecular formula is C5H8BrClO. The highest BCUT2D eigenvalue weighted by atomic mass is 79.9. The third kappa shape index (κ3) is 2.14. The largest absolute Gasteiger partial charge is 0.280 e. The Kier molecular flexibility index (Phi) is 2.99. The van der Waals surface area contributed by atoms with Gasteiger partial charge in [0.25, 0.3) is 0 Å². The number of carbonyl (C=O) groups excluding carboxylic acids is 1. The van der Waals surface area contributed by atoms with E-state index in [9.17, 15) is 4.79 Å². The Hall–Kier alpha value is 0.440. The zero-order valence-corrected chi connectivity index (χ0v) is 7.21. The van der Waals surface area contributed by atoms with Gasteiger partial charge in [0.15, 0.2) is 0 Å². The predicted molar refractivity (Wildman–Crippen MR) is 38.5 cm³/mol. The molecule has 0 saturated heterocycles. The molecule has 0 saturated carbocycles. The molecule has 0 aliphatic carbocycles. The second kappa shape index (κ2) is 2.83. The predicted octanol–water partition coefficient (Wildman–Crippen LogP) is 2.32. The zero-order chi connectivity index (χ0) is 6.78. The van der Waals surface area contributed by atoms with Gasteiger partial charge in [-0.2, -0.15) is 0 Å². The van der Waals surface area contributed by atoms with Crippen molar-refractivity contribution < 1.29 is 4.79 Å². The van der Waals surface area contributed by atoms with Crippen LogP contribution in [-0.4, -0.2) is 9.57 Å². The maximum absolute atomic E-state index is 10.4. The van der Waals surface area contributed by atoms with Gasteiger partial charge in [-0.15, -0.1) is 0 Å². The van der Waals surface area contributed by atoms with Crippen molar-refractivity contribution in [2.75, 3.05) is 0 Å². The molecule has 0 spiro atoms. The minimum absolute atomic E-state index is 0.333. The van der Waals surface area contributed by atoms with E-state index in [1.54, 1.807) is 6.92 Å². The van der Waals surface area contributed by atoms with Crippen molar-refractivity contribution in [1.82, 2.24) is 0 Å². The summed E-state index contributed by atoms with van der Waals surface area (Å²) in [5, 5.41) is -0.333. The molecule has 0 aromatic heterocycles. The first kappa shape index (κ1) is 8.44. The van der Waals surface area contributed by atoms with Crippen molar-refractivity contribution in [3.63, 3.8) is 0 Å². The lowest BCUT2D eigenvalue weighted by atomic mass is 10.1. The molecule has 0 aromatic carbocycles. The van der Waals surface area contributed by atoms with Crippen molar-refractivity contribution in [2.45, 2.75) is 24.6 Å². The van der Waals surface area contributed by atoms with E-state index in [1.807, 2.05) is 6.92 Å². The fraction of sp³-hybridized carbons (Fsp3) is 0.800. The molecule has 0 amide bonds. The van der Waals surface area contributed by atoms with Crippen LogP contribution in [0.4, 0.5) is 0 Å². The maximum atomic E-state index is 10.4. The highest BCUT2D eigenvalue weighted by Crippen LogP contribution is 2.23. The van der Waals surface area contributed by atoms with Crippen LogP contribution in [0.5, 0.6) is 0 Å². The third-order valence-electron chi connectivity index (χ3n) is 1.07. The van der Waals surface area contributed by atoms with Gasteiger partial charge in [0.05, 0.1) is 4.32 Å². The summed E-state index contributed by atoms with van der Waals surface area (Å²) in [7, 11) is 0. The molecule has 0 fully saturated rings. The highest BCUT2D eigenvalue weighted by Gasteiger charge is 2.24. The Morgan fingerprint density at radius 2 is 2.25 bits per heavy atom. The molecule has 0 aliphatic rings. The number of alkyl halides is 1. The molecule has 3 heteroatoms. The average Bonchev–Trinajstić information content (AvgIpc) is 1.67. The molecule has 8 heavy (non-hydrogen) atoms. The van der Waals surface area contributed by atoms with Crippen molar-refractivity contribution >= 4 is 32.8 Å². The molecule has 1 unspecified atom stereocenters. The van der Waals surface area contributed by atoms with Gasteiger partial charge >= 0.3 is 0 Å².